The average molecular weight is 280 g/mol. The van der Waals surface area contributed by atoms with E-state index in [1.807, 2.05) is 0 Å². The Balaban J connectivity index is 1.79. The summed E-state index contributed by atoms with van der Waals surface area (Å²) < 4.78 is 0. The molecular weight excluding hydrogens is 248 g/mol. The van der Waals surface area contributed by atoms with Crippen LogP contribution in [0.25, 0.3) is 0 Å². The van der Waals surface area contributed by atoms with Gasteiger partial charge in [-0.3, -0.25) is 4.79 Å². The average Bonchev–Trinajstić information content (AvgIpc) is 2.69. The van der Waals surface area contributed by atoms with Crippen molar-refractivity contribution in [3.05, 3.63) is 0 Å². The van der Waals surface area contributed by atoms with E-state index in [1.165, 1.54) is 70.6 Å². The molecule has 0 aromatic heterocycles. The van der Waals surface area contributed by atoms with Gasteiger partial charge in [0.25, 0.3) is 0 Å². The zero-order valence-electron chi connectivity index (χ0n) is 13.2. The molecule has 1 aliphatic heterocycles. The van der Waals surface area contributed by atoms with Crippen molar-refractivity contribution in [1.29, 1.82) is 0 Å². The molecule has 2 rings (SSSR count). The Kier molecular flexibility index (Phi) is 6.85. The van der Waals surface area contributed by atoms with Crippen LogP contribution in [-0.2, 0) is 4.79 Å². The molecule has 116 valence electrons. The molecule has 1 amide bonds. The summed E-state index contributed by atoms with van der Waals surface area (Å²) in [5, 5.41) is 3.61. The molecule has 1 N–H and O–H groups in total. The minimum Gasteiger partial charge on any atom is -0.341 e. The number of likely N-dealkylation sites (tertiary alicyclic amines) is 1. The van der Waals surface area contributed by atoms with E-state index >= 15 is 0 Å². The molecular formula is C17H32N2O. The van der Waals surface area contributed by atoms with E-state index in [-0.39, 0.29) is 6.04 Å². The molecule has 20 heavy (non-hydrogen) atoms. The van der Waals surface area contributed by atoms with Crippen LogP contribution in [0, 0.1) is 0 Å². The molecule has 2 aliphatic rings. The number of nitrogens with zero attached hydrogens (tertiary/aromatic N) is 1. The first-order valence-corrected chi connectivity index (χ1v) is 8.82. The van der Waals surface area contributed by atoms with Crippen LogP contribution in [0.5, 0.6) is 0 Å². The maximum Gasteiger partial charge on any atom is 0.239 e. The van der Waals surface area contributed by atoms with E-state index in [0.717, 1.165) is 13.1 Å². The predicted octanol–water partition coefficient (Wildman–Crippen LogP) is 3.48. The van der Waals surface area contributed by atoms with Crippen LogP contribution in [0.2, 0.25) is 0 Å². The lowest BCUT2D eigenvalue weighted by atomic mass is 9.96. The molecule has 3 heteroatoms. The zero-order chi connectivity index (χ0) is 14.2. The normalized spacial score (nSPS) is 24.6. The van der Waals surface area contributed by atoms with Gasteiger partial charge in [-0.1, -0.05) is 44.9 Å². The van der Waals surface area contributed by atoms with Gasteiger partial charge in [-0.25, -0.2) is 0 Å². The van der Waals surface area contributed by atoms with Crippen LogP contribution < -0.4 is 5.32 Å². The van der Waals surface area contributed by atoms with Crippen molar-refractivity contribution in [1.82, 2.24) is 10.2 Å². The number of hydrogen-bond donors (Lipinski definition) is 1. The summed E-state index contributed by atoms with van der Waals surface area (Å²) in [6, 6.07) is 0.554. The largest absolute Gasteiger partial charge is 0.341 e. The Morgan fingerprint density at radius 2 is 1.40 bits per heavy atom. The molecule has 0 bridgehead atoms. The Bertz CT molecular complexity index is 277. The second-order valence-corrected chi connectivity index (χ2v) is 6.67. The summed E-state index contributed by atoms with van der Waals surface area (Å²) in [6.07, 6.45) is 14.2. The summed E-state index contributed by atoms with van der Waals surface area (Å²) in [4.78, 5) is 14.6. The molecule has 1 atom stereocenters. The summed E-state index contributed by atoms with van der Waals surface area (Å²) in [6.45, 7) is 4.00. The second kappa shape index (κ2) is 8.66. The third kappa shape index (κ3) is 5.08. The molecule has 1 aliphatic carbocycles. The molecule has 0 aromatic carbocycles. The number of carbonyl (C=O) groups excluding carboxylic acids is 1. The molecule has 0 spiro atoms. The minimum absolute atomic E-state index is 0.00229. The van der Waals surface area contributed by atoms with Gasteiger partial charge in [-0.2, -0.15) is 0 Å². The first-order valence-electron chi connectivity index (χ1n) is 8.82. The topological polar surface area (TPSA) is 32.3 Å². The fourth-order valence-electron chi connectivity index (χ4n) is 3.61. The van der Waals surface area contributed by atoms with E-state index < -0.39 is 0 Å². The lowest BCUT2D eigenvalue weighted by Gasteiger charge is -2.29. The minimum atomic E-state index is -0.00229. The van der Waals surface area contributed by atoms with Gasteiger partial charge >= 0.3 is 0 Å². The quantitative estimate of drug-likeness (QED) is 0.858. The molecule has 0 aromatic rings. The van der Waals surface area contributed by atoms with Gasteiger partial charge in [-0.05, 0) is 32.6 Å². The van der Waals surface area contributed by atoms with Crippen molar-refractivity contribution in [2.24, 2.45) is 0 Å². The number of amides is 1. The zero-order valence-corrected chi connectivity index (χ0v) is 13.2. The fraction of sp³-hybridized carbons (Fsp3) is 0.941. The van der Waals surface area contributed by atoms with Gasteiger partial charge < -0.3 is 10.2 Å². The number of hydrogen-bond acceptors (Lipinski definition) is 2. The van der Waals surface area contributed by atoms with Gasteiger partial charge in [0.15, 0.2) is 0 Å². The van der Waals surface area contributed by atoms with Crippen molar-refractivity contribution in [2.45, 2.75) is 89.6 Å². The number of carbonyl (C=O) groups is 1. The Morgan fingerprint density at radius 1 is 0.900 bits per heavy atom. The van der Waals surface area contributed by atoms with Crippen molar-refractivity contribution < 1.29 is 4.79 Å². The van der Waals surface area contributed by atoms with E-state index in [9.17, 15) is 4.79 Å². The molecule has 1 unspecified atom stereocenters. The molecule has 2 fully saturated rings. The lowest BCUT2D eigenvalue weighted by molar-refractivity contribution is -0.133. The SMILES string of the molecule is CC(NC1CCCCCCC1)C(=O)N1CCCCCC1. The predicted molar refractivity (Wildman–Crippen MR) is 83.8 cm³/mol. The van der Waals surface area contributed by atoms with Gasteiger partial charge in [0.2, 0.25) is 5.91 Å². The highest BCUT2D eigenvalue weighted by molar-refractivity contribution is 5.81. The maximum absolute atomic E-state index is 12.5. The van der Waals surface area contributed by atoms with Crippen LogP contribution in [-0.4, -0.2) is 36.0 Å². The highest BCUT2D eigenvalue weighted by Gasteiger charge is 2.23. The van der Waals surface area contributed by atoms with Crippen LogP contribution in [0.3, 0.4) is 0 Å². The van der Waals surface area contributed by atoms with Crippen molar-refractivity contribution in [3.8, 4) is 0 Å². The first-order chi connectivity index (χ1) is 9.77. The monoisotopic (exact) mass is 280 g/mol. The van der Waals surface area contributed by atoms with E-state index in [0.29, 0.717) is 11.9 Å². The van der Waals surface area contributed by atoms with Crippen molar-refractivity contribution in [2.75, 3.05) is 13.1 Å². The van der Waals surface area contributed by atoms with E-state index in [2.05, 4.69) is 17.1 Å². The van der Waals surface area contributed by atoms with Gasteiger partial charge in [0, 0.05) is 19.1 Å². The highest BCUT2D eigenvalue weighted by atomic mass is 16.2. The molecule has 1 saturated heterocycles. The van der Waals surface area contributed by atoms with Crippen LogP contribution >= 0.6 is 0 Å². The second-order valence-electron chi connectivity index (χ2n) is 6.67. The Labute approximate surface area is 124 Å². The summed E-state index contributed by atoms with van der Waals surface area (Å²) in [7, 11) is 0. The molecule has 3 nitrogen and oxygen atoms in total. The van der Waals surface area contributed by atoms with Crippen LogP contribution in [0.4, 0.5) is 0 Å². The van der Waals surface area contributed by atoms with Crippen molar-refractivity contribution >= 4 is 5.91 Å². The van der Waals surface area contributed by atoms with Crippen LogP contribution in [0.1, 0.15) is 77.6 Å². The fourth-order valence-corrected chi connectivity index (χ4v) is 3.61. The Hall–Kier alpha value is -0.570. The standard InChI is InChI=1S/C17H32N2O/c1-15(17(20)19-13-9-5-6-10-14-19)18-16-11-7-3-2-4-8-12-16/h15-16,18H,2-14H2,1H3. The smallest absolute Gasteiger partial charge is 0.239 e. The number of rotatable bonds is 3. The Morgan fingerprint density at radius 3 is 2.00 bits per heavy atom. The van der Waals surface area contributed by atoms with Crippen molar-refractivity contribution in [3.63, 3.8) is 0 Å². The summed E-state index contributed by atoms with van der Waals surface area (Å²) in [5.41, 5.74) is 0. The third-order valence-electron chi connectivity index (χ3n) is 4.88. The van der Waals surface area contributed by atoms with Gasteiger partial charge in [-0.15, -0.1) is 0 Å². The molecule has 1 heterocycles. The lowest BCUT2D eigenvalue weighted by Crippen LogP contribution is -2.48. The molecule has 1 saturated carbocycles. The summed E-state index contributed by atoms with van der Waals surface area (Å²) in [5.74, 6) is 0.328. The van der Waals surface area contributed by atoms with Crippen LogP contribution in [0.15, 0.2) is 0 Å². The number of nitrogens with one attached hydrogen (secondary N) is 1. The maximum atomic E-state index is 12.5. The summed E-state index contributed by atoms with van der Waals surface area (Å²) >= 11 is 0. The first kappa shape index (κ1) is 15.8. The van der Waals surface area contributed by atoms with E-state index in [4.69, 9.17) is 0 Å². The highest BCUT2D eigenvalue weighted by Crippen LogP contribution is 2.18. The van der Waals surface area contributed by atoms with E-state index in [1.54, 1.807) is 0 Å². The van der Waals surface area contributed by atoms with Gasteiger partial charge in [0.05, 0.1) is 6.04 Å². The third-order valence-corrected chi connectivity index (χ3v) is 4.88. The van der Waals surface area contributed by atoms with Gasteiger partial charge in [0.1, 0.15) is 0 Å². The molecule has 0 radical (unpaired) electrons.